The minimum absolute atomic E-state index is 0.267. The molecule has 1 N–H and O–H groups in total. The van der Waals surface area contributed by atoms with E-state index in [0.717, 1.165) is 22.6 Å². The van der Waals surface area contributed by atoms with E-state index in [2.05, 4.69) is 9.97 Å². The van der Waals surface area contributed by atoms with Gasteiger partial charge in [0.2, 0.25) is 0 Å². The van der Waals surface area contributed by atoms with E-state index in [4.69, 9.17) is 4.98 Å². The number of amides is 1. The fourth-order valence-corrected chi connectivity index (χ4v) is 2.86. The molecule has 0 bridgehead atoms. The summed E-state index contributed by atoms with van der Waals surface area (Å²) in [6.07, 6.45) is 3.09. The van der Waals surface area contributed by atoms with Gasteiger partial charge in [0.15, 0.2) is 5.82 Å². The first kappa shape index (κ1) is 16.3. The second kappa shape index (κ2) is 6.52. The normalized spacial score (nSPS) is 14.9. The Morgan fingerprint density at radius 2 is 2.00 bits per heavy atom. The van der Waals surface area contributed by atoms with Crippen molar-refractivity contribution in [3.63, 3.8) is 0 Å². The molecule has 1 aliphatic heterocycles. The van der Waals surface area contributed by atoms with Crippen molar-refractivity contribution in [3.8, 4) is 11.4 Å². The van der Waals surface area contributed by atoms with Gasteiger partial charge in [0.1, 0.15) is 11.9 Å². The third kappa shape index (κ3) is 3.07. The first-order valence-electron chi connectivity index (χ1n) is 7.91. The molecule has 2 aromatic heterocycles. The number of carbonyl (C=O) groups excluding carboxylic acids is 1. The first-order chi connectivity index (χ1) is 11.5. The van der Waals surface area contributed by atoms with Crippen molar-refractivity contribution in [1.82, 2.24) is 19.9 Å². The summed E-state index contributed by atoms with van der Waals surface area (Å²) in [6, 6.07) is 3.73. The third-order valence-corrected chi connectivity index (χ3v) is 4.07. The molecule has 0 aliphatic carbocycles. The summed E-state index contributed by atoms with van der Waals surface area (Å²) in [7, 11) is 3.90. The van der Waals surface area contributed by atoms with Gasteiger partial charge in [-0.05, 0) is 25.5 Å². The van der Waals surface area contributed by atoms with Crippen LogP contribution >= 0.6 is 0 Å². The molecule has 1 unspecified atom stereocenters. The lowest BCUT2D eigenvalue weighted by atomic mass is 10.0. The maximum Gasteiger partial charge on any atom is 0.251 e. The van der Waals surface area contributed by atoms with Gasteiger partial charge in [0.05, 0.1) is 12.2 Å². The highest BCUT2D eigenvalue weighted by molar-refractivity contribution is 5.80. The summed E-state index contributed by atoms with van der Waals surface area (Å²) in [5.74, 6) is 1.22. The average Bonchev–Trinajstić information content (AvgIpc) is 2.60. The van der Waals surface area contributed by atoms with Crippen LogP contribution in [0.4, 0.5) is 5.82 Å². The Morgan fingerprint density at radius 1 is 1.29 bits per heavy atom. The Hall–Kier alpha value is -2.54. The number of nitrogens with zero attached hydrogens (tertiary/aromatic N) is 5. The van der Waals surface area contributed by atoms with Crippen molar-refractivity contribution >= 4 is 11.7 Å². The molecule has 0 fully saturated rings. The van der Waals surface area contributed by atoms with Crippen molar-refractivity contribution in [2.24, 2.45) is 0 Å². The molecule has 1 atom stereocenters. The van der Waals surface area contributed by atoms with Gasteiger partial charge in [-0.3, -0.25) is 9.78 Å². The van der Waals surface area contributed by atoms with Crippen LogP contribution in [-0.4, -0.2) is 57.6 Å². The molecule has 7 heteroatoms. The van der Waals surface area contributed by atoms with E-state index in [0.29, 0.717) is 25.3 Å². The van der Waals surface area contributed by atoms with Gasteiger partial charge in [-0.1, -0.05) is 0 Å². The van der Waals surface area contributed by atoms with Crippen LogP contribution in [-0.2, 0) is 17.8 Å². The van der Waals surface area contributed by atoms with Crippen LogP contribution in [0, 0.1) is 0 Å². The lowest BCUT2D eigenvalue weighted by molar-refractivity contribution is -0.140. The van der Waals surface area contributed by atoms with Gasteiger partial charge < -0.3 is 14.9 Å². The monoisotopic (exact) mass is 327 g/mol. The number of pyridine rings is 1. The predicted octanol–water partition coefficient (Wildman–Crippen LogP) is 0.870. The van der Waals surface area contributed by atoms with Crippen LogP contribution in [0.2, 0.25) is 0 Å². The van der Waals surface area contributed by atoms with E-state index in [-0.39, 0.29) is 5.91 Å². The molecule has 0 saturated carbocycles. The smallest absolute Gasteiger partial charge is 0.251 e. The van der Waals surface area contributed by atoms with Gasteiger partial charge >= 0.3 is 0 Å². The van der Waals surface area contributed by atoms with Crippen LogP contribution in [0.5, 0.6) is 0 Å². The number of hydrogen-bond donors (Lipinski definition) is 1. The topological polar surface area (TPSA) is 82.4 Å². The fraction of sp³-hybridized carbons (Fsp3) is 0.412. The third-order valence-electron chi connectivity index (χ3n) is 4.07. The zero-order valence-electron chi connectivity index (χ0n) is 14.1. The Morgan fingerprint density at radius 3 is 2.62 bits per heavy atom. The number of anilines is 1. The summed E-state index contributed by atoms with van der Waals surface area (Å²) in [5.41, 5.74) is 2.78. The highest BCUT2D eigenvalue weighted by Gasteiger charge is 2.27. The van der Waals surface area contributed by atoms with Crippen molar-refractivity contribution in [3.05, 3.63) is 35.8 Å². The molecule has 126 valence electrons. The molecule has 0 spiro atoms. The van der Waals surface area contributed by atoms with Gasteiger partial charge in [0, 0.05) is 44.2 Å². The molecule has 3 rings (SSSR count). The fourth-order valence-electron chi connectivity index (χ4n) is 2.86. The quantitative estimate of drug-likeness (QED) is 0.901. The first-order valence-corrected chi connectivity index (χ1v) is 7.91. The maximum absolute atomic E-state index is 12.1. The van der Waals surface area contributed by atoms with E-state index >= 15 is 0 Å². The summed E-state index contributed by atoms with van der Waals surface area (Å²) >= 11 is 0. The highest BCUT2D eigenvalue weighted by Crippen LogP contribution is 2.28. The van der Waals surface area contributed by atoms with Gasteiger partial charge in [-0.2, -0.15) is 0 Å². The lowest BCUT2D eigenvalue weighted by Crippen LogP contribution is -2.42. The molecule has 1 amide bonds. The van der Waals surface area contributed by atoms with Crippen LogP contribution in [0.15, 0.2) is 24.5 Å². The van der Waals surface area contributed by atoms with E-state index < -0.39 is 6.10 Å². The van der Waals surface area contributed by atoms with Gasteiger partial charge in [-0.25, -0.2) is 9.97 Å². The number of aliphatic hydroxyl groups excluding tert-OH is 1. The van der Waals surface area contributed by atoms with E-state index in [1.807, 2.05) is 31.1 Å². The van der Waals surface area contributed by atoms with E-state index in [1.165, 1.54) is 6.92 Å². The molecule has 24 heavy (non-hydrogen) atoms. The zero-order valence-corrected chi connectivity index (χ0v) is 14.1. The number of aromatic nitrogens is 3. The summed E-state index contributed by atoms with van der Waals surface area (Å²) < 4.78 is 0. The zero-order chi connectivity index (χ0) is 17.3. The minimum Gasteiger partial charge on any atom is -0.384 e. The second-order valence-electron chi connectivity index (χ2n) is 6.11. The van der Waals surface area contributed by atoms with Crippen molar-refractivity contribution in [1.29, 1.82) is 0 Å². The number of aliphatic hydroxyl groups is 1. The predicted molar refractivity (Wildman–Crippen MR) is 90.4 cm³/mol. The van der Waals surface area contributed by atoms with Gasteiger partial charge in [-0.15, -0.1) is 0 Å². The van der Waals surface area contributed by atoms with Crippen LogP contribution < -0.4 is 4.90 Å². The van der Waals surface area contributed by atoms with Crippen molar-refractivity contribution in [2.45, 2.75) is 26.0 Å². The Labute approximate surface area is 141 Å². The SMILES string of the molecule is CC(O)C(=O)N1CCc2c(nc(-c3ccncc3)nc2N(C)C)C1. The van der Waals surface area contributed by atoms with Gasteiger partial charge in [0.25, 0.3) is 5.91 Å². The largest absolute Gasteiger partial charge is 0.384 e. The molecular weight excluding hydrogens is 306 g/mol. The Balaban J connectivity index is 2.04. The summed E-state index contributed by atoms with van der Waals surface area (Å²) in [5, 5.41) is 9.56. The molecule has 3 heterocycles. The van der Waals surface area contributed by atoms with Crippen LogP contribution in [0.1, 0.15) is 18.2 Å². The van der Waals surface area contributed by atoms with Crippen LogP contribution in [0.3, 0.4) is 0 Å². The van der Waals surface area contributed by atoms with Crippen LogP contribution in [0.25, 0.3) is 11.4 Å². The van der Waals surface area contributed by atoms with E-state index in [9.17, 15) is 9.90 Å². The number of rotatable bonds is 3. The maximum atomic E-state index is 12.1. The van der Waals surface area contributed by atoms with Crippen molar-refractivity contribution in [2.75, 3.05) is 25.5 Å². The molecule has 0 saturated heterocycles. The minimum atomic E-state index is -0.999. The highest BCUT2D eigenvalue weighted by atomic mass is 16.3. The van der Waals surface area contributed by atoms with Crippen molar-refractivity contribution < 1.29 is 9.90 Å². The van der Waals surface area contributed by atoms with E-state index in [1.54, 1.807) is 17.3 Å². The molecule has 0 aromatic carbocycles. The number of hydrogen-bond acceptors (Lipinski definition) is 6. The number of fused-ring (bicyclic) bond motifs is 1. The molecular formula is C17H21N5O2. The number of carbonyl (C=O) groups is 1. The Kier molecular flexibility index (Phi) is 4.44. The standard InChI is InChI=1S/C17H21N5O2/c1-11(23)17(24)22-9-6-13-14(10-22)19-15(20-16(13)21(2)3)12-4-7-18-8-5-12/h4-5,7-8,11,23H,6,9-10H2,1-3H3. The molecule has 7 nitrogen and oxygen atoms in total. The second-order valence-corrected chi connectivity index (χ2v) is 6.11. The summed E-state index contributed by atoms with van der Waals surface area (Å²) in [4.78, 5) is 29.1. The molecule has 1 aliphatic rings. The Bertz CT molecular complexity index is 746. The summed E-state index contributed by atoms with van der Waals surface area (Å²) in [6.45, 7) is 2.45. The lowest BCUT2D eigenvalue weighted by Gasteiger charge is -2.31. The molecule has 2 aromatic rings. The molecule has 0 radical (unpaired) electrons. The average molecular weight is 327 g/mol.